The van der Waals surface area contributed by atoms with Crippen LogP contribution in [0.5, 0.6) is 0 Å². The summed E-state index contributed by atoms with van der Waals surface area (Å²) in [5, 5.41) is 8.25. The van der Waals surface area contributed by atoms with Crippen molar-refractivity contribution >= 4 is 35.1 Å². The van der Waals surface area contributed by atoms with Crippen LogP contribution in [0.3, 0.4) is 0 Å². The lowest BCUT2D eigenvalue weighted by molar-refractivity contribution is -0.137. The predicted octanol–water partition coefficient (Wildman–Crippen LogP) is 5.35. The van der Waals surface area contributed by atoms with E-state index in [1.54, 1.807) is 45.9 Å². The lowest BCUT2D eigenvalue weighted by Gasteiger charge is -2.38. The van der Waals surface area contributed by atoms with Crippen molar-refractivity contribution in [3.05, 3.63) is 59.6 Å². The molecule has 43 heavy (non-hydrogen) atoms. The van der Waals surface area contributed by atoms with E-state index in [0.717, 1.165) is 13.1 Å². The van der Waals surface area contributed by atoms with Crippen LogP contribution >= 0.6 is 0 Å². The topological polar surface area (TPSA) is 121 Å². The Labute approximate surface area is 248 Å². The smallest absolute Gasteiger partial charge is 0.421 e. The summed E-state index contributed by atoms with van der Waals surface area (Å²) in [5.41, 5.74) is -0.682. The predicted molar refractivity (Wildman–Crippen MR) is 156 cm³/mol. The molecule has 4 rings (SSSR count). The number of nitrogens with zero attached hydrogens (tertiary/aromatic N) is 4. The third-order valence-electron chi connectivity index (χ3n) is 6.73. The number of hydrogen-bond donors (Lipinski definition) is 3. The van der Waals surface area contributed by atoms with Crippen LogP contribution in [0.4, 0.5) is 41.1 Å². The van der Waals surface area contributed by atoms with E-state index in [1.165, 1.54) is 13.2 Å². The number of amides is 2. The number of hydrogen-bond acceptors (Lipinski definition) is 9. The lowest BCUT2D eigenvalue weighted by Crippen LogP contribution is -2.51. The quantitative estimate of drug-likeness (QED) is 0.385. The Balaban J connectivity index is 1.50. The number of rotatable bonds is 7. The molecule has 0 saturated carbocycles. The molecule has 232 valence electrons. The van der Waals surface area contributed by atoms with E-state index in [9.17, 15) is 22.8 Å². The number of ether oxygens (including phenoxy) is 2. The van der Waals surface area contributed by atoms with Crippen molar-refractivity contribution in [2.45, 2.75) is 51.9 Å². The number of carbonyl (C=O) groups is 2. The first-order valence-electron chi connectivity index (χ1n) is 13.8. The Morgan fingerprint density at radius 1 is 1.05 bits per heavy atom. The Bertz CT molecular complexity index is 1400. The summed E-state index contributed by atoms with van der Waals surface area (Å²) in [6.07, 6.45) is -0.263. The maximum absolute atomic E-state index is 13.9. The Morgan fingerprint density at radius 2 is 1.74 bits per heavy atom. The van der Waals surface area contributed by atoms with E-state index in [1.807, 2.05) is 17.1 Å². The van der Waals surface area contributed by atoms with Crippen molar-refractivity contribution in [1.82, 2.24) is 19.8 Å². The van der Waals surface area contributed by atoms with Crippen molar-refractivity contribution in [1.29, 1.82) is 0 Å². The molecule has 1 aromatic heterocycles. The molecule has 1 aliphatic carbocycles. The monoisotopic (exact) mass is 603 g/mol. The third-order valence-corrected chi connectivity index (χ3v) is 6.73. The van der Waals surface area contributed by atoms with Gasteiger partial charge in [-0.2, -0.15) is 18.2 Å². The molecular formula is C29H36F3N7O4. The van der Waals surface area contributed by atoms with Gasteiger partial charge in [0.05, 0.1) is 12.8 Å². The van der Waals surface area contributed by atoms with Crippen LogP contribution in [-0.2, 0) is 20.4 Å². The summed E-state index contributed by atoms with van der Waals surface area (Å²) in [6.45, 7) is 9.45. The van der Waals surface area contributed by atoms with Gasteiger partial charge in [-0.15, -0.1) is 0 Å². The molecule has 2 aromatic rings. The summed E-state index contributed by atoms with van der Waals surface area (Å²) in [5.74, 6) is 0.0174. The first-order valence-corrected chi connectivity index (χ1v) is 13.8. The molecule has 14 heteroatoms. The standard InChI is InChI=1S/C29H36F3N7O4/c1-18(40)38-11-13-39(14-12-38)21-9-10-23(24(16-21)42-5)36-26-33-17-22(29(30,31)32)25(37-26)34-19-7-6-8-20(15-19)35-27(41)43-28(2,3)4/h6-8,10,15-17,21H,9,11-14H2,1-5H3,(H,35,41)(H2,33,34,36,37). The second-order valence-electron chi connectivity index (χ2n) is 11.1. The fourth-order valence-corrected chi connectivity index (χ4v) is 4.68. The second kappa shape index (κ2) is 12.9. The average Bonchev–Trinajstić information content (AvgIpc) is 2.92. The van der Waals surface area contributed by atoms with Crippen LogP contribution in [0.1, 0.15) is 39.7 Å². The summed E-state index contributed by atoms with van der Waals surface area (Å²) in [4.78, 5) is 35.9. The van der Waals surface area contributed by atoms with Crippen molar-refractivity contribution in [3.8, 4) is 0 Å². The summed E-state index contributed by atoms with van der Waals surface area (Å²) >= 11 is 0. The van der Waals surface area contributed by atoms with Crippen molar-refractivity contribution < 1.29 is 32.2 Å². The van der Waals surface area contributed by atoms with Crippen LogP contribution in [0.2, 0.25) is 0 Å². The van der Waals surface area contributed by atoms with E-state index < -0.39 is 29.3 Å². The second-order valence-corrected chi connectivity index (χ2v) is 11.1. The minimum atomic E-state index is -4.73. The van der Waals surface area contributed by atoms with E-state index in [0.29, 0.717) is 42.9 Å². The van der Waals surface area contributed by atoms with E-state index >= 15 is 0 Å². The zero-order valence-corrected chi connectivity index (χ0v) is 24.7. The molecule has 0 spiro atoms. The molecule has 1 atom stereocenters. The molecule has 1 unspecified atom stereocenters. The van der Waals surface area contributed by atoms with Crippen LogP contribution in [0, 0.1) is 0 Å². The highest BCUT2D eigenvalue weighted by molar-refractivity contribution is 5.86. The molecule has 1 aliphatic heterocycles. The van der Waals surface area contributed by atoms with Crippen molar-refractivity contribution in [2.75, 3.05) is 49.2 Å². The number of halogens is 3. The number of methoxy groups -OCH3 is 1. The molecule has 1 aromatic carbocycles. The van der Waals surface area contributed by atoms with E-state index in [-0.39, 0.29) is 23.6 Å². The van der Waals surface area contributed by atoms with Gasteiger partial charge in [0, 0.05) is 56.7 Å². The van der Waals surface area contributed by atoms with Crippen molar-refractivity contribution in [2.24, 2.45) is 0 Å². The largest absolute Gasteiger partial charge is 0.495 e. The SMILES string of the molecule is COC1=CC(N2CCN(C(C)=O)CC2)CC=C1Nc1ncc(C(F)(F)F)c(Nc2cccc(NC(=O)OC(C)(C)C)c2)n1. The summed E-state index contributed by atoms with van der Waals surface area (Å²) in [6, 6.07) is 6.20. The Kier molecular flexibility index (Phi) is 9.48. The van der Waals surface area contributed by atoms with Gasteiger partial charge in [0.1, 0.15) is 22.7 Å². The highest BCUT2D eigenvalue weighted by Crippen LogP contribution is 2.36. The fourth-order valence-electron chi connectivity index (χ4n) is 4.68. The number of piperazine rings is 1. The third kappa shape index (κ3) is 8.60. The van der Waals surface area contributed by atoms with Crippen LogP contribution in [0.25, 0.3) is 0 Å². The molecule has 3 N–H and O–H groups in total. The zero-order chi connectivity index (χ0) is 31.4. The molecule has 11 nitrogen and oxygen atoms in total. The molecule has 2 amide bonds. The Hall–Kier alpha value is -4.33. The first-order chi connectivity index (χ1) is 20.2. The maximum atomic E-state index is 13.9. The number of nitrogens with one attached hydrogen (secondary N) is 3. The van der Waals surface area contributed by atoms with Crippen LogP contribution in [-0.4, -0.2) is 76.7 Å². The minimum absolute atomic E-state index is 0.0434. The Morgan fingerprint density at radius 3 is 2.37 bits per heavy atom. The van der Waals surface area contributed by atoms with E-state index in [4.69, 9.17) is 9.47 Å². The number of anilines is 4. The highest BCUT2D eigenvalue weighted by Gasteiger charge is 2.36. The summed E-state index contributed by atoms with van der Waals surface area (Å²) < 4.78 is 52.4. The van der Waals surface area contributed by atoms with Gasteiger partial charge in [-0.25, -0.2) is 9.78 Å². The molecule has 2 aliphatic rings. The van der Waals surface area contributed by atoms with Crippen molar-refractivity contribution in [3.63, 3.8) is 0 Å². The minimum Gasteiger partial charge on any atom is -0.495 e. The molecule has 0 radical (unpaired) electrons. The van der Waals surface area contributed by atoms with Gasteiger partial charge in [0.25, 0.3) is 0 Å². The van der Waals surface area contributed by atoms with Gasteiger partial charge in [0.2, 0.25) is 11.9 Å². The zero-order valence-electron chi connectivity index (χ0n) is 24.7. The normalized spacial score (nSPS) is 17.9. The van der Waals surface area contributed by atoms with Crippen LogP contribution < -0.4 is 16.0 Å². The number of benzene rings is 1. The fraction of sp³-hybridized carbons (Fsp3) is 0.448. The van der Waals surface area contributed by atoms with Crippen LogP contribution in [0.15, 0.2) is 54.1 Å². The van der Waals surface area contributed by atoms with Gasteiger partial charge in [0.15, 0.2) is 0 Å². The first kappa shape index (κ1) is 31.6. The molecule has 0 bridgehead atoms. The van der Waals surface area contributed by atoms with Gasteiger partial charge in [-0.05, 0) is 51.5 Å². The summed E-state index contributed by atoms with van der Waals surface area (Å²) in [7, 11) is 1.51. The maximum Gasteiger partial charge on any atom is 0.421 e. The van der Waals surface area contributed by atoms with Gasteiger partial charge >= 0.3 is 12.3 Å². The molecule has 1 fully saturated rings. The number of aromatic nitrogens is 2. The van der Waals surface area contributed by atoms with Gasteiger partial charge < -0.3 is 25.0 Å². The van der Waals surface area contributed by atoms with Gasteiger partial charge in [-0.3, -0.25) is 15.0 Å². The lowest BCUT2D eigenvalue weighted by atomic mass is 10.0. The molecule has 1 saturated heterocycles. The molecule has 2 heterocycles. The number of carbonyl (C=O) groups excluding carboxylic acids is 2. The number of alkyl halides is 3. The van der Waals surface area contributed by atoms with E-state index in [2.05, 4.69) is 30.8 Å². The molecular weight excluding hydrogens is 567 g/mol. The average molecular weight is 604 g/mol. The highest BCUT2D eigenvalue weighted by atomic mass is 19.4. The van der Waals surface area contributed by atoms with Gasteiger partial charge in [-0.1, -0.05) is 12.1 Å².